The zero-order chi connectivity index (χ0) is 10.4. The number of aromatic amines is 1. The van der Waals surface area contributed by atoms with Crippen LogP contribution in [-0.2, 0) is 0 Å². The van der Waals surface area contributed by atoms with Gasteiger partial charge in [-0.25, -0.2) is 9.78 Å². The maximum absolute atomic E-state index is 11.6. The highest BCUT2D eigenvalue weighted by Crippen LogP contribution is 2.34. The van der Waals surface area contributed by atoms with Gasteiger partial charge >= 0.3 is 5.69 Å². The van der Waals surface area contributed by atoms with Crippen LogP contribution in [-0.4, -0.2) is 14.5 Å². The van der Waals surface area contributed by atoms with E-state index in [2.05, 4.69) is 9.97 Å². The number of aromatic nitrogens is 3. The van der Waals surface area contributed by atoms with Crippen LogP contribution < -0.4 is 11.2 Å². The van der Waals surface area contributed by atoms with E-state index in [4.69, 9.17) is 0 Å². The summed E-state index contributed by atoms with van der Waals surface area (Å²) in [6, 6.07) is 3.59. The fraction of sp³-hybridized carbons (Fsp3) is 0.300. The Morgan fingerprint density at radius 3 is 2.93 bits per heavy atom. The highest BCUT2D eigenvalue weighted by molar-refractivity contribution is 5.73. The highest BCUT2D eigenvalue weighted by Gasteiger charge is 2.27. The largest absolute Gasteiger partial charge is 0.330 e. The van der Waals surface area contributed by atoms with Gasteiger partial charge in [-0.2, -0.15) is 0 Å². The first-order valence-corrected chi connectivity index (χ1v) is 4.87. The molecule has 0 saturated heterocycles. The SMILES string of the molecule is O=c1[nH]c(=O)n(C2CC2)c2ncccc12. The Morgan fingerprint density at radius 1 is 1.40 bits per heavy atom. The van der Waals surface area contributed by atoms with Gasteiger partial charge in [0.2, 0.25) is 0 Å². The van der Waals surface area contributed by atoms with E-state index < -0.39 is 0 Å². The summed E-state index contributed by atoms with van der Waals surface area (Å²) >= 11 is 0. The number of fused-ring (bicyclic) bond motifs is 1. The van der Waals surface area contributed by atoms with Gasteiger partial charge in [-0.3, -0.25) is 14.3 Å². The lowest BCUT2D eigenvalue weighted by Gasteiger charge is -2.05. The van der Waals surface area contributed by atoms with Crippen molar-refractivity contribution in [2.45, 2.75) is 18.9 Å². The molecule has 5 heteroatoms. The molecule has 0 radical (unpaired) electrons. The summed E-state index contributed by atoms with van der Waals surface area (Å²) in [5.74, 6) is 0. The Kier molecular flexibility index (Phi) is 1.56. The van der Waals surface area contributed by atoms with Gasteiger partial charge < -0.3 is 0 Å². The Bertz CT molecular complexity index is 637. The number of nitrogens with zero attached hydrogens (tertiary/aromatic N) is 2. The first-order valence-electron chi connectivity index (χ1n) is 4.87. The highest BCUT2D eigenvalue weighted by atomic mass is 16.2. The average Bonchev–Trinajstić information content (AvgIpc) is 3.02. The molecule has 5 nitrogen and oxygen atoms in total. The van der Waals surface area contributed by atoms with Crippen LogP contribution in [0.5, 0.6) is 0 Å². The molecule has 0 spiro atoms. The maximum Gasteiger partial charge on any atom is 0.330 e. The first kappa shape index (κ1) is 8.40. The fourth-order valence-corrected chi connectivity index (χ4v) is 1.76. The Labute approximate surface area is 84.4 Å². The number of pyridine rings is 1. The third-order valence-electron chi connectivity index (χ3n) is 2.61. The van der Waals surface area contributed by atoms with Crippen molar-refractivity contribution in [2.24, 2.45) is 0 Å². The van der Waals surface area contributed by atoms with Gasteiger partial charge in [0.25, 0.3) is 5.56 Å². The molecule has 0 atom stereocenters. The van der Waals surface area contributed by atoms with Crippen LogP contribution in [0.15, 0.2) is 27.9 Å². The molecule has 1 fully saturated rings. The summed E-state index contributed by atoms with van der Waals surface area (Å²) < 4.78 is 1.58. The Hall–Kier alpha value is -1.91. The molecule has 0 aromatic carbocycles. The first-order chi connectivity index (χ1) is 7.27. The van der Waals surface area contributed by atoms with E-state index in [1.165, 1.54) is 0 Å². The van der Waals surface area contributed by atoms with Crippen LogP contribution in [0, 0.1) is 0 Å². The lowest BCUT2D eigenvalue weighted by molar-refractivity contribution is 0.700. The lowest BCUT2D eigenvalue weighted by Crippen LogP contribution is -2.30. The molecule has 1 saturated carbocycles. The van der Waals surface area contributed by atoms with Crippen LogP contribution in [0.25, 0.3) is 11.0 Å². The van der Waals surface area contributed by atoms with Crippen molar-refractivity contribution >= 4 is 11.0 Å². The van der Waals surface area contributed by atoms with Crippen LogP contribution in [0.3, 0.4) is 0 Å². The number of hydrogen-bond acceptors (Lipinski definition) is 3. The van der Waals surface area contributed by atoms with Crippen molar-refractivity contribution in [1.82, 2.24) is 14.5 Å². The Morgan fingerprint density at radius 2 is 2.20 bits per heavy atom. The molecule has 1 aliphatic carbocycles. The molecule has 0 unspecified atom stereocenters. The van der Waals surface area contributed by atoms with Crippen LogP contribution in [0.1, 0.15) is 18.9 Å². The van der Waals surface area contributed by atoms with Gasteiger partial charge in [0, 0.05) is 12.2 Å². The second-order valence-electron chi connectivity index (χ2n) is 3.74. The van der Waals surface area contributed by atoms with E-state index in [-0.39, 0.29) is 17.3 Å². The van der Waals surface area contributed by atoms with Gasteiger partial charge in [0.1, 0.15) is 5.65 Å². The molecule has 76 valence electrons. The standard InChI is InChI=1S/C10H9N3O2/c14-9-7-2-1-5-11-8(7)13(6-3-4-6)10(15)12-9/h1-2,5-6H,3-4H2,(H,12,14,15). The zero-order valence-corrected chi connectivity index (χ0v) is 7.93. The monoisotopic (exact) mass is 203 g/mol. The molecule has 2 aromatic rings. The van der Waals surface area contributed by atoms with Crippen molar-refractivity contribution in [3.8, 4) is 0 Å². The van der Waals surface area contributed by atoms with E-state index in [0.29, 0.717) is 11.0 Å². The van der Waals surface area contributed by atoms with Gasteiger partial charge in [0.15, 0.2) is 0 Å². The van der Waals surface area contributed by atoms with E-state index in [1.54, 1.807) is 22.9 Å². The average molecular weight is 203 g/mol. The maximum atomic E-state index is 11.6. The van der Waals surface area contributed by atoms with E-state index >= 15 is 0 Å². The second-order valence-corrected chi connectivity index (χ2v) is 3.74. The molecule has 15 heavy (non-hydrogen) atoms. The number of H-pyrrole nitrogens is 1. The van der Waals surface area contributed by atoms with Crippen molar-refractivity contribution in [1.29, 1.82) is 0 Å². The smallest absolute Gasteiger partial charge is 0.274 e. The fourth-order valence-electron chi connectivity index (χ4n) is 1.76. The van der Waals surface area contributed by atoms with Crippen LogP contribution in [0.4, 0.5) is 0 Å². The molecular formula is C10H9N3O2. The molecule has 0 bridgehead atoms. The number of hydrogen-bond donors (Lipinski definition) is 1. The summed E-state index contributed by atoms with van der Waals surface area (Å²) in [7, 11) is 0. The third-order valence-corrected chi connectivity index (χ3v) is 2.61. The second kappa shape index (κ2) is 2.79. The molecule has 3 rings (SSSR count). The molecule has 2 heterocycles. The predicted molar refractivity (Wildman–Crippen MR) is 54.9 cm³/mol. The van der Waals surface area contributed by atoms with Gasteiger partial charge in [-0.1, -0.05) is 0 Å². The lowest BCUT2D eigenvalue weighted by atomic mass is 10.3. The Balaban J connectivity index is 2.52. The molecule has 1 N–H and O–H groups in total. The molecule has 0 amide bonds. The van der Waals surface area contributed by atoms with Crippen molar-refractivity contribution in [2.75, 3.05) is 0 Å². The van der Waals surface area contributed by atoms with E-state index in [9.17, 15) is 9.59 Å². The molecule has 1 aliphatic rings. The summed E-state index contributed by atoms with van der Waals surface area (Å²) in [6.07, 6.45) is 3.56. The van der Waals surface area contributed by atoms with Crippen molar-refractivity contribution < 1.29 is 0 Å². The van der Waals surface area contributed by atoms with Gasteiger partial charge in [0.05, 0.1) is 5.39 Å². The van der Waals surface area contributed by atoms with Crippen LogP contribution >= 0.6 is 0 Å². The van der Waals surface area contributed by atoms with E-state index in [0.717, 1.165) is 12.8 Å². The summed E-state index contributed by atoms with van der Waals surface area (Å²) in [4.78, 5) is 29.5. The minimum Gasteiger partial charge on any atom is -0.274 e. The minimum absolute atomic E-state index is 0.215. The van der Waals surface area contributed by atoms with Gasteiger partial charge in [-0.05, 0) is 25.0 Å². The minimum atomic E-state index is -0.361. The van der Waals surface area contributed by atoms with Crippen molar-refractivity contribution in [3.63, 3.8) is 0 Å². The molecule has 0 aliphatic heterocycles. The predicted octanol–water partition coefficient (Wildman–Crippen LogP) is 0.420. The molecule has 2 aromatic heterocycles. The summed E-state index contributed by atoms with van der Waals surface area (Å²) in [5.41, 5.74) is -0.220. The van der Waals surface area contributed by atoms with E-state index in [1.807, 2.05) is 0 Å². The zero-order valence-electron chi connectivity index (χ0n) is 7.93. The molecular weight excluding hydrogens is 194 g/mol. The summed E-state index contributed by atoms with van der Waals surface area (Å²) in [5, 5.41) is 0.476. The normalized spacial score (nSPS) is 15.7. The summed E-state index contributed by atoms with van der Waals surface area (Å²) in [6.45, 7) is 0. The number of rotatable bonds is 1. The van der Waals surface area contributed by atoms with Crippen LogP contribution in [0.2, 0.25) is 0 Å². The topological polar surface area (TPSA) is 67.8 Å². The van der Waals surface area contributed by atoms with Crippen molar-refractivity contribution in [3.05, 3.63) is 39.2 Å². The number of nitrogens with one attached hydrogen (secondary N) is 1. The quantitative estimate of drug-likeness (QED) is 0.730. The van der Waals surface area contributed by atoms with Gasteiger partial charge in [-0.15, -0.1) is 0 Å². The third kappa shape index (κ3) is 1.20.